The number of likely N-dealkylation sites (N-methyl/N-ethyl adjacent to an activating group) is 1. The Kier molecular flexibility index (Phi) is 7.40. The van der Waals surface area contributed by atoms with Crippen LogP contribution in [0.4, 0.5) is 0 Å². The van der Waals surface area contributed by atoms with E-state index in [2.05, 4.69) is 34.1 Å². The number of aromatic nitrogens is 2. The fraction of sp³-hybridized carbons (Fsp3) is 0.450. The zero-order valence-corrected chi connectivity index (χ0v) is 16.9. The molecule has 0 radical (unpaired) electrons. The van der Waals surface area contributed by atoms with Gasteiger partial charge in [-0.3, -0.25) is 4.79 Å². The highest BCUT2D eigenvalue weighted by atomic mass is 16.2. The summed E-state index contributed by atoms with van der Waals surface area (Å²) in [4.78, 5) is 27.7. The first kappa shape index (κ1) is 20.5. The van der Waals surface area contributed by atoms with Crippen LogP contribution in [0.1, 0.15) is 19.7 Å². The van der Waals surface area contributed by atoms with Crippen molar-refractivity contribution >= 4 is 11.9 Å². The van der Waals surface area contributed by atoms with E-state index >= 15 is 0 Å². The molecule has 7 heteroatoms. The van der Waals surface area contributed by atoms with Crippen LogP contribution in [0.5, 0.6) is 0 Å². The van der Waals surface area contributed by atoms with Crippen LogP contribution in [-0.4, -0.2) is 65.9 Å². The molecule has 0 fully saturated rings. The average molecular weight is 371 g/mol. The number of amides is 1. The summed E-state index contributed by atoms with van der Waals surface area (Å²) in [6.07, 6.45) is 1.84. The van der Waals surface area contributed by atoms with Gasteiger partial charge in [0.2, 0.25) is 5.91 Å². The van der Waals surface area contributed by atoms with E-state index in [4.69, 9.17) is 0 Å². The van der Waals surface area contributed by atoms with Crippen LogP contribution in [0, 0.1) is 5.92 Å². The lowest BCUT2D eigenvalue weighted by Gasteiger charge is -2.22. The first-order valence-electron chi connectivity index (χ1n) is 9.15. The van der Waals surface area contributed by atoms with E-state index < -0.39 is 0 Å². The Morgan fingerprint density at radius 2 is 1.93 bits per heavy atom. The highest BCUT2D eigenvalue weighted by molar-refractivity contribution is 5.84. The summed E-state index contributed by atoms with van der Waals surface area (Å²) in [5.74, 6) is 1.98. The van der Waals surface area contributed by atoms with Crippen LogP contribution in [-0.2, 0) is 11.3 Å². The van der Waals surface area contributed by atoms with Crippen LogP contribution >= 0.6 is 0 Å². The number of imidazole rings is 1. The summed E-state index contributed by atoms with van der Waals surface area (Å²) >= 11 is 0. The Bertz CT molecular complexity index is 751. The van der Waals surface area contributed by atoms with Crippen molar-refractivity contribution in [2.45, 2.75) is 20.4 Å². The van der Waals surface area contributed by atoms with Crippen molar-refractivity contribution in [3.63, 3.8) is 0 Å². The SMILES string of the molecule is CC(C)CNC(=NCC(=O)N(C)C)N(C)Cc1ncc(-c2ccccc2)[nH]1. The standard InChI is InChI=1S/C20H30N6O/c1-15(2)11-22-20(23-13-19(27)25(3)4)26(5)14-18-21-12-17(24-18)16-9-7-6-8-10-16/h6-10,12,15H,11,13-14H2,1-5H3,(H,21,24)(H,22,23). The van der Waals surface area contributed by atoms with Gasteiger partial charge in [-0.05, 0) is 11.5 Å². The number of guanidine groups is 1. The maximum Gasteiger partial charge on any atom is 0.243 e. The molecule has 0 aliphatic heterocycles. The monoisotopic (exact) mass is 370 g/mol. The van der Waals surface area contributed by atoms with Crippen molar-refractivity contribution in [1.82, 2.24) is 25.1 Å². The fourth-order valence-corrected chi connectivity index (χ4v) is 2.40. The number of carbonyl (C=O) groups excluding carboxylic acids is 1. The maximum absolute atomic E-state index is 11.9. The number of nitrogens with one attached hydrogen (secondary N) is 2. The van der Waals surface area contributed by atoms with Crippen molar-refractivity contribution in [1.29, 1.82) is 0 Å². The van der Waals surface area contributed by atoms with E-state index in [0.717, 1.165) is 23.6 Å². The highest BCUT2D eigenvalue weighted by Crippen LogP contribution is 2.16. The molecule has 1 amide bonds. The molecule has 0 spiro atoms. The molecule has 2 rings (SSSR count). The number of hydrogen-bond donors (Lipinski definition) is 2. The predicted octanol–water partition coefficient (Wildman–Crippen LogP) is 2.20. The van der Waals surface area contributed by atoms with Crippen LogP contribution < -0.4 is 5.32 Å². The minimum absolute atomic E-state index is 0.0309. The first-order valence-corrected chi connectivity index (χ1v) is 9.15. The van der Waals surface area contributed by atoms with Crippen molar-refractivity contribution in [3.8, 4) is 11.3 Å². The highest BCUT2D eigenvalue weighted by Gasteiger charge is 2.12. The third kappa shape index (κ3) is 6.44. The van der Waals surface area contributed by atoms with Gasteiger partial charge in [0.15, 0.2) is 5.96 Å². The zero-order chi connectivity index (χ0) is 19.8. The van der Waals surface area contributed by atoms with Crippen molar-refractivity contribution < 1.29 is 4.79 Å². The van der Waals surface area contributed by atoms with Gasteiger partial charge in [0.25, 0.3) is 0 Å². The van der Waals surface area contributed by atoms with E-state index in [9.17, 15) is 4.79 Å². The molecule has 146 valence electrons. The molecule has 0 bridgehead atoms. The van der Waals surface area contributed by atoms with Crippen LogP contribution in [0.15, 0.2) is 41.5 Å². The summed E-state index contributed by atoms with van der Waals surface area (Å²) in [6.45, 7) is 5.73. The van der Waals surface area contributed by atoms with E-state index in [1.807, 2.05) is 48.5 Å². The summed E-state index contributed by atoms with van der Waals surface area (Å²) in [5.41, 5.74) is 2.08. The van der Waals surface area contributed by atoms with Gasteiger partial charge in [-0.25, -0.2) is 9.98 Å². The fourth-order valence-electron chi connectivity index (χ4n) is 2.40. The Morgan fingerprint density at radius 3 is 2.56 bits per heavy atom. The number of hydrogen-bond acceptors (Lipinski definition) is 3. The molecule has 1 heterocycles. The van der Waals surface area contributed by atoms with Gasteiger partial charge in [0.1, 0.15) is 12.4 Å². The van der Waals surface area contributed by atoms with Gasteiger partial charge in [-0.2, -0.15) is 0 Å². The summed E-state index contributed by atoms with van der Waals surface area (Å²) in [7, 11) is 5.41. The lowest BCUT2D eigenvalue weighted by Crippen LogP contribution is -2.41. The third-order valence-electron chi connectivity index (χ3n) is 3.99. The van der Waals surface area contributed by atoms with Crippen molar-refractivity contribution in [2.75, 3.05) is 34.2 Å². The molecule has 0 atom stereocenters. The van der Waals surface area contributed by atoms with Crippen LogP contribution in [0.25, 0.3) is 11.3 Å². The van der Waals surface area contributed by atoms with Crippen molar-refractivity contribution in [2.24, 2.45) is 10.9 Å². The van der Waals surface area contributed by atoms with Gasteiger partial charge in [-0.1, -0.05) is 44.2 Å². The second kappa shape index (κ2) is 9.75. The average Bonchev–Trinajstić information content (AvgIpc) is 3.10. The van der Waals surface area contributed by atoms with E-state index in [1.54, 1.807) is 19.0 Å². The number of aliphatic imine (C=N–C) groups is 1. The molecule has 27 heavy (non-hydrogen) atoms. The smallest absolute Gasteiger partial charge is 0.243 e. The van der Waals surface area contributed by atoms with Gasteiger partial charge in [-0.15, -0.1) is 0 Å². The molecule has 2 N–H and O–H groups in total. The number of benzene rings is 1. The van der Waals surface area contributed by atoms with E-state index in [1.165, 1.54) is 0 Å². The summed E-state index contributed by atoms with van der Waals surface area (Å²) in [5, 5.41) is 3.34. The number of nitrogens with zero attached hydrogens (tertiary/aromatic N) is 4. The van der Waals surface area contributed by atoms with Crippen LogP contribution in [0.2, 0.25) is 0 Å². The Balaban J connectivity index is 2.08. The molecule has 0 aliphatic rings. The quantitative estimate of drug-likeness (QED) is 0.579. The number of carbonyl (C=O) groups is 1. The molecular formula is C20H30N6O. The zero-order valence-electron chi connectivity index (χ0n) is 16.9. The summed E-state index contributed by atoms with van der Waals surface area (Å²) in [6, 6.07) is 10.1. The summed E-state index contributed by atoms with van der Waals surface area (Å²) < 4.78 is 0. The Hall–Kier alpha value is -2.83. The largest absolute Gasteiger partial charge is 0.356 e. The predicted molar refractivity (Wildman–Crippen MR) is 109 cm³/mol. The normalized spacial score (nSPS) is 11.6. The second-order valence-corrected chi connectivity index (χ2v) is 7.17. The van der Waals surface area contributed by atoms with Crippen LogP contribution in [0.3, 0.4) is 0 Å². The molecule has 7 nitrogen and oxygen atoms in total. The minimum atomic E-state index is -0.0309. The topological polar surface area (TPSA) is 76.6 Å². The third-order valence-corrected chi connectivity index (χ3v) is 3.99. The lowest BCUT2D eigenvalue weighted by molar-refractivity contribution is -0.127. The lowest BCUT2D eigenvalue weighted by atomic mass is 10.2. The second-order valence-electron chi connectivity index (χ2n) is 7.17. The van der Waals surface area contributed by atoms with E-state index in [0.29, 0.717) is 18.4 Å². The molecule has 1 aromatic heterocycles. The minimum Gasteiger partial charge on any atom is -0.356 e. The Morgan fingerprint density at radius 1 is 1.22 bits per heavy atom. The van der Waals surface area contributed by atoms with Gasteiger partial charge in [0, 0.05) is 27.7 Å². The molecule has 0 unspecified atom stereocenters. The molecular weight excluding hydrogens is 340 g/mol. The number of aromatic amines is 1. The van der Waals surface area contributed by atoms with Gasteiger partial charge >= 0.3 is 0 Å². The molecule has 1 aromatic carbocycles. The number of H-pyrrole nitrogens is 1. The molecule has 0 aliphatic carbocycles. The molecule has 0 saturated carbocycles. The molecule has 0 saturated heterocycles. The Labute approximate surface area is 161 Å². The van der Waals surface area contributed by atoms with Gasteiger partial charge in [0.05, 0.1) is 18.4 Å². The number of rotatable bonds is 7. The maximum atomic E-state index is 11.9. The first-order chi connectivity index (χ1) is 12.9. The van der Waals surface area contributed by atoms with E-state index in [-0.39, 0.29) is 12.5 Å². The van der Waals surface area contributed by atoms with Gasteiger partial charge < -0.3 is 20.1 Å². The molecule has 2 aromatic rings. The van der Waals surface area contributed by atoms with Crippen molar-refractivity contribution in [3.05, 3.63) is 42.4 Å².